The zero-order valence-corrected chi connectivity index (χ0v) is 22.1. The molecule has 1 aliphatic rings. The van der Waals surface area contributed by atoms with Crippen LogP contribution in [0.25, 0.3) is 11.0 Å². The van der Waals surface area contributed by atoms with Crippen LogP contribution >= 0.6 is 11.6 Å². The minimum absolute atomic E-state index is 0.00193. The molecule has 8 heteroatoms. The number of aromatic nitrogens is 2. The predicted molar refractivity (Wildman–Crippen MR) is 142 cm³/mol. The van der Waals surface area contributed by atoms with Gasteiger partial charge in [0.2, 0.25) is 0 Å². The molecular formula is C29H34ClN3O4. The van der Waals surface area contributed by atoms with Crippen molar-refractivity contribution in [3.63, 3.8) is 0 Å². The highest BCUT2D eigenvalue weighted by Crippen LogP contribution is 2.37. The topological polar surface area (TPSA) is 108 Å². The van der Waals surface area contributed by atoms with Crippen molar-refractivity contribution in [1.82, 2.24) is 9.55 Å². The number of halogens is 1. The highest BCUT2D eigenvalue weighted by molar-refractivity contribution is 6.30. The number of hydrogen-bond donors (Lipinski definition) is 2. The molecule has 196 valence electrons. The van der Waals surface area contributed by atoms with Crippen molar-refractivity contribution < 1.29 is 19.7 Å². The van der Waals surface area contributed by atoms with Gasteiger partial charge in [0, 0.05) is 41.3 Å². The van der Waals surface area contributed by atoms with Crippen LogP contribution in [0.2, 0.25) is 5.02 Å². The molecule has 3 aromatic rings. The minimum atomic E-state index is -0.874. The third-order valence-corrected chi connectivity index (χ3v) is 7.69. The van der Waals surface area contributed by atoms with Crippen LogP contribution in [0, 0.1) is 23.2 Å². The number of carbonyl (C=O) groups is 1. The van der Waals surface area contributed by atoms with Crippen molar-refractivity contribution in [3.8, 4) is 6.07 Å². The van der Waals surface area contributed by atoms with Crippen molar-refractivity contribution in [1.29, 1.82) is 5.26 Å². The molecule has 0 amide bonds. The number of ether oxygens (including phenoxy) is 1. The number of aryl methyl sites for hydroxylation is 1. The molecule has 0 saturated heterocycles. The summed E-state index contributed by atoms with van der Waals surface area (Å²) in [6.07, 6.45) is 6.03. The van der Waals surface area contributed by atoms with Gasteiger partial charge in [-0.2, -0.15) is 5.26 Å². The van der Waals surface area contributed by atoms with Gasteiger partial charge in [0.25, 0.3) is 0 Å². The normalized spacial score (nSPS) is 19.4. The van der Waals surface area contributed by atoms with E-state index >= 15 is 0 Å². The summed E-state index contributed by atoms with van der Waals surface area (Å²) in [6.45, 7) is 2.39. The highest BCUT2D eigenvalue weighted by atomic mass is 35.5. The smallest absolute Gasteiger partial charge is 0.303 e. The lowest BCUT2D eigenvalue weighted by Crippen LogP contribution is -2.23. The number of aliphatic carboxylic acids is 1. The fourth-order valence-corrected chi connectivity index (χ4v) is 5.78. The molecule has 2 atom stereocenters. The molecular weight excluding hydrogens is 490 g/mol. The second-order valence-corrected chi connectivity index (χ2v) is 10.8. The van der Waals surface area contributed by atoms with Gasteiger partial charge < -0.3 is 19.5 Å². The van der Waals surface area contributed by atoms with Gasteiger partial charge in [0.15, 0.2) is 0 Å². The van der Waals surface area contributed by atoms with Gasteiger partial charge in [-0.15, -0.1) is 0 Å². The Kier molecular flexibility index (Phi) is 8.86. The molecule has 1 fully saturated rings. The number of nitriles is 1. The van der Waals surface area contributed by atoms with Gasteiger partial charge in [0.1, 0.15) is 11.7 Å². The number of pyridine rings is 1. The fourth-order valence-electron chi connectivity index (χ4n) is 5.56. The van der Waals surface area contributed by atoms with E-state index in [1.54, 1.807) is 12.3 Å². The minimum Gasteiger partial charge on any atom is -0.481 e. The summed E-state index contributed by atoms with van der Waals surface area (Å²) in [5.74, 6) is -0.623. The number of hydrogen-bond acceptors (Lipinski definition) is 5. The van der Waals surface area contributed by atoms with Crippen LogP contribution in [0.3, 0.4) is 0 Å². The predicted octanol–water partition coefficient (Wildman–Crippen LogP) is 5.95. The molecule has 37 heavy (non-hydrogen) atoms. The number of nitrogens with zero attached hydrogens (tertiary/aromatic N) is 3. The third kappa shape index (κ3) is 6.70. The Morgan fingerprint density at radius 1 is 1.30 bits per heavy atom. The molecule has 2 aromatic heterocycles. The van der Waals surface area contributed by atoms with Gasteiger partial charge >= 0.3 is 5.97 Å². The largest absolute Gasteiger partial charge is 0.481 e. The molecule has 0 spiro atoms. The van der Waals surface area contributed by atoms with Crippen molar-refractivity contribution in [3.05, 3.63) is 63.9 Å². The van der Waals surface area contributed by atoms with Crippen molar-refractivity contribution in [2.24, 2.45) is 18.9 Å². The fraction of sp³-hybridized carbons (Fsp3) is 0.483. The maximum atomic E-state index is 11.3. The van der Waals surface area contributed by atoms with Crippen LogP contribution in [0.5, 0.6) is 0 Å². The standard InChI is InChI=1S/C29H34ClN3O4/c1-18(11-27(35)36)10-26(34)28-24-13-21(15-31)16-32-29(24)33(2)25(28)14-19-6-8-23(9-7-19)37-17-20-4-3-5-22(30)12-20/h3-5,12-13,16,18-19,23,26,34H,6-11,14,17H2,1-2H3,(H,35,36)/t18?,19-,23+,26?. The van der Waals surface area contributed by atoms with E-state index < -0.39 is 12.1 Å². The van der Waals surface area contributed by atoms with E-state index in [9.17, 15) is 20.3 Å². The summed E-state index contributed by atoms with van der Waals surface area (Å²) in [5.41, 5.74) is 4.03. The second-order valence-electron chi connectivity index (χ2n) is 10.4. The first kappa shape index (κ1) is 27.1. The Labute approximate surface area is 222 Å². The number of carboxylic acid groups (broad SMARTS) is 1. The van der Waals surface area contributed by atoms with Gasteiger partial charge in [-0.25, -0.2) is 4.98 Å². The number of aliphatic hydroxyl groups is 1. The summed E-state index contributed by atoms with van der Waals surface area (Å²) in [6, 6.07) is 11.7. The van der Waals surface area contributed by atoms with Crippen LogP contribution < -0.4 is 0 Å². The molecule has 0 radical (unpaired) electrons. The molecule has 1 aromatic carbocycles. The van der Waals surface area contributed by atoms with E-state index in [4.69, 9.17) is 16.3 Å². The van der Waals surface area contributed by atoms with E-state index in [0.717, 1.165) is 60.0 Å². The van der Waals surface area contributed by atoms with Crippen LogP contribution in [-0.2, 0) is 29.6 Å². The lowest BCUT2D eigenvalue weighted by Gasteiger charge is -2.29. The first-order valence-electron chi connectivity index (χ1n) is 12.9. The lowest BCUT2D eigenvalue weighted by atomic mass is 9.83. The zero-order chi connectivity index (χ0) is 26.5. The number of rotatable bonds is 10. The summed E-state index contributed by atoms with van der Waals surface area (Å²) in [7, 11) is 1.95. The van der Waals surface area contributed by atoms with Crippen molar-refractivity contribution in [2.45, 2.75) is 70.7 Å². The lowest BCUT2D eigenvalue weighted by molar-refractivity contribution is -0.138. The number of aliphatic hydroxyl groups excluding tert-OH is 1. The van der Waals surface area contributed by atoms with E-state index in [0.29, 0.717) is 29.5 Å². The Morgan fingerprint density at radius 2 is 2.05 bits per heavy atom. The van der Waals surface area contributed by atoms with Gasteiger partial charge in [-0.3, -0.25) is 4.79 Å². The SMILES string of the molecule is CC(CC(=O)O)CC(O)c1c(C[C@H]2CC[C@@H](OCc3cccc(Cl)c3)CC2)n(C)c2ncc(C#N)cc12. The molecule has 2 N–H and O–H groups in total. The Hall–Kier alpha value is -2.92. The molecule has 1 saturated carbocycles. The average Bonchev–Trinajstić information content (AvgIpc) is 3.13. The summed E-state index contributed by atoms with van der Waals surface area (Å²) >= 11 is 6.08. The number of benzene rings is 1. The monoisotopic (exact) mass is 523 g/mol. The third-order valence-electron chi connectivity index (χ3n) is 7.45. The first-order chi connectivity index (χ1) is 17.7. The van der Waals surface area contributed by atoms with Gasteiger partial charge in [-0.1, -0.05) is 30.7 Å². The highest BCUT2D eigenvalue weighted by Gasteiger charge is 2.28. The van der Waals surface area contributed by atoms with Crippen LogP contribution in [0.4, 0.5) is 0 Å². The van der Waals surface area contributed by atoms with Crippen molar-refractivity contribution in [2.75, 3.05) is 0 Å². The zero-order valence-electron chi connectivity index (χ0n) is 21.4. The summed E-state index contributed by atoms with van der Waals surface area (Å²) in [4.78, 5) is 15.7. The Morgan fingerprint density at radius 3 is 2.73 bits per heavy atom. The maximum Gasteiger partial charge on any atom is 0.303 e. The molecule has 4 rings (SSSR count). The maximum absolute atomic E-state index is 11.3. The molecule has 0 bridgehead atoms. The quantitative estimate of drug-likeness (QED) is 0.340. The second kappa shape index (κ2) is 12.1. The molecule has 0 aliphatic heterocycles. The van der Waals surface area contributed by atoms with Gasteiger partial charge in [-0.05, 0) is 74.1 Å². The van der Waals surface area contributed by atoms with Crippen LogP contribution in [0.1, 0.15) is 73.9 Å². The Balaban J connectivity index is 1.48. The molecule has 2 unspecified atom stereocenters. The van der Waals surface area contributed by atoms with Gasteiger partial charge in [0.05, 0.1) is 24.4 Å². The van der Waals surface area contributed by atoms with Crippen molar-refractivity contribution >= 4 is 28.6 Å². The Bertz CT molecular complexity index is 1290. The van der Waals surface area contributed by atoms with E-state index in [1.807, 2.05) is 42.8 Å². The molecule has 2 heterocycles. The van der Waals surface area contributed by atoms with E-state index in [2.05, 4.69) is 11.1 Å². The summed E-state index contributed by atoms with van der Waals surface area (Å²) < 4.78 is 8.19. The van der Waals surface area contributed by atoms with E-state index in [-0.39, 0.29) is 18.4 Å². The molecule has 1 aliphatic carbocycles. The number of fused-ring (bicyclic) bond motifs is 1. The summed E-state index contributed by atoms with van der Waals surface area (Å²) in [5, 5.41) is 31.4. The van der Waals surface area contributed by atoms with E-state index in [1.165, 1.54) is 0 Å². The van der Waals surface area contributed by atoms with Crippen LogP contribution in [-0.4, -0.2) is 31.8 Å². The average molecular weight is 524 g/mol. The number of carboxylic acids is 1. The molecule has 7 nitrogen and oxygen atoms in total. The van der Waals surface area contributed by atoms with Crippen LogP contribution in [0.15, 0.2) is 36.5 Å². The first-order valence-corrected chi connectivity index (χ1v) is 13.3.